The Kier molecular flexibility index (Phi) is 8.35. The van der Waals surface area contributed by atoms with E-state index in [1.54, 1.807) is 6.92 Å². The fourth-order valence-electron chi connectivity index (χ4n) is 4.50. The number of hydrogen-bond donors (Lipinski definition) is 1. The maximum absolute atomic E-state index is 12.9. The summed E-state index contributed by atoms with van der Waals surface area (Å²) < 4.78 is 37.1. The summed E-state index contributed by atoms with van der Waals surface area (Å²) in [6, 6.07) is 2.62. The van der Waals surface area contributed by atoms with Gasteiger partial charge in [0.15, 0.2) is 0 Å². The van der Waals surface area contributed by atoms with Gasteiger partial charge in [0.1, 0.15) is 0 Å². The summed E-state index contributed by atoms with van der Waals surface area (Å²) in [5.41, 5.74) is 0. The summed E-state index contributed by atoms with van der Waals surface area (Å²) >= 11 is 0. The first-order chi connectivity index (χ1) is 15.2. The average Bonchev–Trinajstić information content (AvgIpc) is 3.25. The van der Waals surface area contributed by atoms with Crippen LogP contribution in [0.4, 0.5) is 0 Å². The molecule has 2 unspecified atom stereocenters. The third kappa shape index (κ3) is 6.11. The summed E-state index contributed by atoms with van der Waals surface area (Å²) in [6.45, 7) is 9.56. The number of nitrogens with zero attached hydrogens (tertiary/aromatic N) is 2. The Hall–Kier alpha value is -1.91. The molecule has 9 nitrogen and oxygen atoms in total. The van der Waals surface area contributed by atoms with E-state index in [1.165, 1.54) is 29.3 Å². The fourth-order valence-corrected chi connectivity index (χ4v) is 5.88. The number of amides is 1. The highest BCUT2D eigenvalue weighted by atomic mass is 32.2. The van der Waals surface area contributed by atoms with Crippen LogP contribution in [0.15, 0.2) is 21.6 Å². The van der Waals surface area contributed by atoms with Gasteiger partial charge in [-0.05, 0) is 64.1 Å². The molecule has 1 N–H and O–H groups in total. The SMILES string of the molecule is CCOC(=O)c1ccc(S(=O)(=O)N2CCC(C(=O)NC(C)CN3CCCC(C)C3)CC2)o1. The van der Waals surface area contributed by atoms with E-state index in [9.17, 15) is 18.0 Å². The number of ether oxygens (including phenoxy) is 1. The monoisotopic (exact) mass is 469 g/mol. The summed E-state index contributed by atoms with van der Waals surface area (Å²) in [6.07, 6.45) is 3.36. The van der Waals surface area contributed by atoms with Crippen molar-refractivity contribution in [2.45, 2.75) is 57.6 Å². The highest BCUT2D eigenvalue weighted by Crippen LogP contribution is 2.25. The number of hydrogen-bond acceptors (Lipinski definition) is 7. The van der Waals surface area contributed by atoms with Gasteiger partial charge in [-0.2, -0.15) is 4.31 Å². The van der Waals surface area contributed by atoms with Crippen LogP contribution >= 0.6 is 0 Å². The Morgan fingerprint density at radius 3 is 2.59 bits per heavy atom. The molecule has 3 rings (SSSR count). The van der Waals surface area contributed by atoms with Gasteiger partial charge in [0.25, 0.3) is 10.0 Å². The normalized spacial score (nSPS) is 22.4. The summed E-state index contributed by atoms with van der Waals surface area (Å²) in [4.78, 5) is 26.9. The van der Waals surface area contributed by atoms with E-state index in [1.807, 2.05) is 6.92 Å². The predicted octanol–water partition coefficient (Wildman–Crippen LogP) is 2.09. The number of sulfonamides is 1. The molecule has 0 spiro atoms. The van der Waals surface area contributed by atoms with Gasteiger partial charge in [-0.15, -0.1) is 0 Å². The maximum Gasteiger partial charge on any atom is 0.374 e. The molecule has 2 atom stereocenters. The number of likely N-dealkylation sites (tertiary alicyclic amines) is 1. The molecular weight excluding hydrogens is 434 g/mol. The lowest BCUT2D eigenvalue weighted by Gasteiger charge is -2.34. The molecule has 0 radical (unpaired) electrons. The lowest BCUT2D eigenvalue weighted by molar-refractivity contribution is -0.126. The standard InChI is InChI=1S/C22H35N3O6S/c1-4-30-22(27)19-7-8-20(31-19)32(28,29)25-12-9-18(10-13-25)21(26)23-17(3)15-24-11-5-6-16(2)14-24/h7-8,16-18H,4-6,9-15H2,1-3H3,(H,23,26). The minimum absolute atomic E-state index is 0.0119. The molecule has 1 aromatic rings. The number of rotatable bonds is 8. The number of carbonyl (C=O) groups is 2. The van der Waals surface area contributed by atoms with E-state index in [4.69, 9.17) is 9.15 Å². The fraction of sp³-hybridized carbons (Fsp3) is 0.727. The molecule has 1 aromatic heterocycles. The van der Waals surface area contributed by atoms with Crippen molar-refractivity contribution in [1.29, 1.82) is 0 Å². The third-order valence-electron chi connectivity index (χ3n) is 6.14. The molecule has 2 aliphatic heterocycles. The van der Waals surface area contributed by atoms with Crippen LogP contribution in [0.5, 0.6) is 0 Å². The predicted molar refractivity (Wildman–Crippen MR) is 119 cm³/mol. The van der Waals surface area contributed by atoms with Crippen molar-refractivity contribution < 1.29 is 27.2 Å². The van der Waals surface area contributed by atoms with Crippen molar-refractivity contribution in [2.24, 2.45) is 11.8 Å². The molecule has 2 fully saturated rings. The first-order valence-electron chi connectivity index (χ1n) is 11.5. The van der Waals surface area contributed by atoms with Crippen molar-refractivity contribution in [2.75, 3.05) is 39.3 Å². The zero-order valence-electron chi connectivity index (χ0n) is 19.2. The number of esters is 1. The number of nitrogens with one attached hydrogen (secondary N) is 1. The second-order valence-electron chi connectivity index (χ2n) is 8.93. The Bertz CT molecular complexity index is 891. The van der Waals surface area contributed by atoms with Crippen LogP contribution in [0, 0.1) is 11.8 Å². The molecule has 2 aliphatic rings. The molecule has 10 heteroatoms. The highest BCUT2D eigenvalue weighted by Gasteiger charge is 2.34. The van der Waals surface area contributed by atoms with Crippen molar-refractivity contribution >= 4 is 21.9 Å². The van der Waals surface area contributed by atoms with Crippen LogP contribution in [0.2, 0.25) is 0 Å². The van der Waals surface area contributed by atoms with Gasteiger partial charge in [0.05, 0.1) is 6.61 Å². The van der Waals surface area contributed by atoms with E-state index < -0.39 is 16.0 Å². The Labute approximate surface area is 190 Å². The van der Waals surface area contributed by atoms with E-state index in [0.717, 1.165) is 19.6 Å². The Morgan fingerprint density at radius 1 is 1.22 bits per heavy atom. The van der Waals surface area contributed by atoms with E-state index in [0.29, 0.717) is 18.8 Å². The van der Waals surface area contributed by atoms with Crippen molar-refractivity contribution in [3.63, 3.8) is 0 Å². The average molecular weight is 470 g/mol. The zero-order chi connectivity index (χ0) is 23.3. The van der Waals surface area contributed by atoms with Crippen molar-refractivity contribution in [1.82, 2.24) is 14.5 Å². The van der Waals surface area contributed by atoms with Crippen LogP contribution in [0.3, 0.4) is 0 Å². The number of piperidine rings is 2. The highest BCUT2D eigenvalue weighted by molar-refractivity contribution is 7.89. The molecule has 0 bridgehead atoms. The van der Waals surface area contributed by atoms with Crippen molar-refractivity contribution in [3.8, 4) is 0 Å². The quantitative estimate of drug-likeness (QED) is 0.581. The first-order valence-corrected chi connectivity index (χ1v) is 12.9. The van der Waals surface area contributed by atoms with Crippen LogP contribution < -0.4 is 5.32 Å². The lowest BCUT2D eigenvalue weighted by atomic mass is 9.96. The second-order valence-corrected chi connectivity index (χ2v) is 10.8. The Morgan fingerprint density at radius 2 is 1.94 bits per heavy atom. The molecule has 0 aromatic carbocycles. The van der Waals surface area contributed by atoms with Gasteiger partial charge in [-0.1, -0.05) is 6.92 Å². The molecule has 0 aliphatic carbocycles. The molecule has 180 valence electrons. The minimum Gasteiger partial charge on any atom is -0.460 e. The zero-order valence-corrected chi connectivity index (χ0v) is 20.0. The van der Waals surface area contributed by atoms with E-state index in [2.05, 4.69) is 17.1 Å². The molecular formula is C22H35N3O6S. The van der Waals surface area contributed by atoms with Gasteiger partial charge in [0, 0.05) is 38.1 Å². The molecule has 1 amide bonds. The Balaban J connectivity index is 1.49. The number of furan rings is 1. The van der Waals surface area contributed by atoms with Gasteiger partial charge in [0.2, 0.25) is 16.8 Å². The maximum atomic E-state index is 12.9. The third-order valence-corrected chi connectivity index (χ3v) is 7.91. The lowest BCUT2D eigenvalue weighted by Crippen LogP contribution is -2.48. The van der Waals surface area contributed by atoms with Crippen LogP contribution in [0.1, 0.15) is 57.0 Å². The molecule has 32 heavy (non-hydrogen) atoms. The summed E-state index contributed by atoms with van der Waals surface area (Å²) in [5.74, 6) is -0.368. The smallest absolute Gasteiger partial charge is 0.374 e. The van der Waals surface area contributed by atoms with Crippen LogP contribution in [-0.2, 0) is 19.6 Å². The molecule has 0 saturated carbocycles. The van der Waals surface area contributed by atoms with Gasteiger partial charge < -0.3 is 19.4 Å². The largest absolute Gasteiger partial charge is 0.460 e. The molecule has 2 saturated heterocycles. The summed E-state index contributed by atoms with van der Waals surface area (Å²) in [7, 11) is -3.87. The van der Waals surface area contributed by atoms with Crippen molar-refractivity contribution in [3.05, 3.63) is 17.9 Å². The van der Waals surface area contributed by atoms with E-state index >= 15 is 0 Å². The van der Waals surface area contributed by atoms with E-state index in [-0.39, 0.29) is 48.4 Å². The van der Waals surface area contributed by atoms with Gasteiger partial charge in [-0.25, -0.2) is 13.2 Å². The van der Waals surface area contributed by atoms with Crippen LogP contribution in [-0.4, -0.2) is 74.9 Å². The molecule has 3 heterocycles. The van der Waals surface area contributed by atoms with Crippen LogP contribution in [0.25, 0.3) is 0 Å². The second kappa shape index (κ2) is 10.8. The number of carbonyl (C=O) groups excluding carboxylic acids is 2. The topological polar surface area (TPSA) is 109 Å². The summed E-state index contributed by atoms with van der Waals surface area (Å²) in [5, 5.41) is 2.82. The first kappa shape index (κ1) is 24.7. The van der Waals surface area contributed by atoms with Gasteiger partial charge in [-0.3, -0.25) is 4.79 Å². The minimum atomic E-state index is -3.87. The van der Waals surface area contributed by atoms with Gasteiger partial charge >= 0.3 is 5.97 Å².